The minimum atomic E-state index is -2.86. The molecule has 450 valence electrons. The molecule has 0 saturated carbocycles. The Bertz CT molecular complexity index is 2660. The SMILES string of the molecule is COC(=O)[C@@]1(OC[C@H]2O[C@H](O[C@H](C)[C@H](NC(=O)OCC3c4ccccc4-c4ccccc43)C(=O)OC(C)(C)C)[C@H](NC(C)=O)[C@@H](OC(C)=O)[C@H]2OC(C)=O)C[C@H](OC(C)=O)[C@@H](NC(C)=O)[C@H]([C@H](OC(C)=O)[C@@H](COC(C)=O)OC(C)=O)O1. The predicted octanol–water partition coefficient (Wildman–Crippen LogP) is 2.27. The van der Waals surface area contributed by atoms with Gasteiger partial charge in [0.15, 0.2) is 36.7 Å². The number of alkyl carbamates (subject to hydrolysis) is 1. The second-order valence-corrected chi connectivity index (χ2v) is 20.5. The first-order valence-corrected chi connectivity index (χ1v) is 26.0. The quantitative estimate of drug-likeness (QED) is 0.112. The standard InChI is InChI=1S/C55H71N3O24/c1-26(43(50(67)82-54(10,11)12)58-53(69)72-23-39-37-20-16-14-18-35(37)36-19-15-17-21-38(36)39)74-51-45(57-28(3)60)48(79-34(9)66)46(77-32(7)64)42(80-51)25-73-55(52(68)70-13)22-40(75-30(5)62)44(56-27(2)59)49(81-55)47(78-33(8)65)41(76-31(6)63)24-71-29(4)61/h14-21,26,39-49,51H,22-25H2,1-13H3,(H,56,59)(H,57,60)(H,58,69)/t26-,40+,41-,42-,43+,44-,45-,46+,47-,48-,49-,51+,55-/m1/s1. The monoisotopic (exact) mass is 1160 g/mol. The molecule has 0 unspecified atom stereocenters. The van der Waals surface area contributed by atoms with E-state index in [4.69, 9.17) is 61.6 Å². The van der Waals surface area contributed by atoms with Crippen LogP contribution >= 0.6 is 0 Å². The Morgan fingerprint density at radius 2 is 1.22 bits per heavy atom. The van der Waals surface area contributed by atoms with Gasteiger partial charge in [0, 0.05) is 61.3 Å². The number of methoxy groups -OCH3 is 1. The van der Waals surface area contributed by atoms with Gasteiger partial charge in [-0.15, -0.1) is 0 Å². The second-order valence-electron chi connectivity index (χ2n) is 20.5. The number of rotatable bonds is 22. The van der Waals surface area contributed by atoms with Crippen LogP contribution in [0, 0.1) is 0 Å². The van der Waals surface area contributed by atoms with Crippen LogP contribution in [0.5, 0.6) is 0 Å². The zero-order valence-electron chi connectivity index (χ0n) is 47.8. The summed E-state index contributed by atoms with van der Waals surface area (Å²) in [5.41, 5.74) is 2.60. The largest absolute Gasteiger partial charge is 0.465 e. The molecule has 27 heteroatoms. The van der Waals surface area contributed by atoms with Gasteiger partial charge in [-0.05, 0) is 49.9 Å². The van der Waals surface area contributed by atoms with E-state index in [0.29, 0.717) is 0 Å². The Kier molecular flexibility index (Phi) is 22.5. The molecular formula is C55H71N3O24. The smallest absolute Gasteiger partial charge is 0.407 e. The number of nitrogens with one attached hydrogen (secondary N) is 3. The molecule has 1 aliphatic carbocycles. The van der Waals surface area contributed by atoms with Crippen LogP contribution in [0.3, 0.4) is 0 Å². The van der Waals surface area contributed by atoms with E-state index in [9.17, 15) is 52.7 Å². The number of hydrogen-bond donors (Lipinski definition) is 3. The van der Waals surface area contributed by atoms with Crippen molar-refractivity contribution in [3.8, 4) is 11.1 Å². The number of benzene rings is 2. The van der Waals surface area contributed by atoms with Crippen molar-refractivity contribution < 1.29 is 114 Å². The summed E-state index contributed by atoms with van der Waals surface area (Å²) in [4.78, 5) is 145. The normalized spacial score (nSPS) is 24.4. The molecule has 0 spiro atoms. The number of carbonyl (C=O) groups is 11. The summed E-state index contributed by atoms with van der Waals surface area (Å²) >= 11 is 0. The summed E-state index contributed by atoms with van der Waals surface area (Å²) in [6.07, 6.45) is -17.9. The third-order valence-corrected chi connectivity index (χ3v) is 12.7. The topological polar surface area (TPSA) is 344 Å². The van der Waals surface area contributed by atoms with Crippen molar-refractivity contribution in [1.29, 1.82) is 0 Å². The van der Waals surface area contributed by atoms with Gasteiger partial charge in [0.1, 0.15) is 43.2 Å². The molecule has 2 aliphatic heterocycles. The summed E-state index contributed by atoms with van der Waals surface area (Å²) in [6, 6.07) is 10.3. The van der Waals surface area contributed by atoms with Crippen molar-refractivity contribution >= 4 is 65.7 Å². The van der Waals surface area contributed by atoms with Crippen LogP contribution in [0.4, 0.5) is 4.79 Å². The number of ether oxygens (including phenoxy) is 13. The van der Waals surface area contributed by atoms with Gasteiger partial charge in [0.2, 0.25) is 11.8 Å². The first-order valence-electron chi connectivity index (χ1n) is 26.0. The van der Waals surface area contributed by atoms with E-state index in [0.717, 1.165) is 84.8 Å². The molecule has 0 radical (unpaired) electrons. The Hall–Kier alpha value is -7.75. The highest BCUT2D eigenvalue weighted by Gasteiger charge is 2.61. The van der Waals surface area contributed by atoms with Crippen molar-refractivity contribution in [1.82, 2.24) is 16.0 Å². The highest BCUT2D eigenvalue weighted by atomic mass is 16.8. The van der Waals surface area contributed by atoms with Gasteiger partial charge in [-0.25, -0.2) is 14.4 Å². The van der Waals surface area contributed by atoms with E-state index >= 15 is 0 Å². The summed E-state index contributed by atoms with van der Waals surface area (Å²) in [6.45, 7) is 12.2. The third kappa shape index (κ3) is 17.4. The van der Waals surface area contributed by atoms with Gasteiger partial charge in [-0.3, -0.25) is 38.4 Å². The summed E-state index contributed by atoms with van der Waals surface area (Å²) in [7, 11) is 0.912. The van der Waals surface area contributed by atoms with Crippen LogP contribution in [-0.2, 0) is 110 Å². The minimum Gasteiger partial charge on any atom is -0.465 e. The van der Waals surface area contributed by atoms with Crippen molar-refractivity contribution in [3.05, 3.63) is 59.7 Å². The van der Waals surface area contributed by atoms with Crippen molar-refractivity contribution in [2.24, 2.45) is 0 Å². The molecule has 2 saturated heterocycles. The predicted molar refractivity (Wildman–Crippen MR) is 277 cm³/mol. The molecule has 3 amide bonds. The van der Waals surface area contributed by atoms with Gasteiger partial charge in [0.25, 0.3) is 5.79 Å². The van der Waals surface area contributed by atoms with E-state index in [1.165, 1.54) is 6.92 Å². The van der Waals surface area contributed by atoms with Crippen molar-refractivity contribution in [2.75, 3.05) is 26.9 Å². The molecule has 2 heterocycles. The maximum atomic E-state index is 14.4. The summed E-state index contributed by atoms with van der Waals surface area (Å²) < 4.78 is 75.6. The molecule has 82 heavy (non-hydrogen) atoms. The highest BCUT2D eigenvalue weighted by molar-refractivity contribution is 5.83. The van der Waals surface area contributed by atoms with Crippen LogP contribution in [0.2, 0.25) is 0 Å². The average Bonchev–Trinajstić information content (AvgIpc) is 3.49. The van der Waals surface area contributed by atoms with Gasteiger partial charge in [-0.2, -0.15) is 0 Å². The zero-order valence-corrected chi connectivity index (χ0v) is 47.8. The number of hydrogen-bond acceptors (Lipinski definition) is 24. The minimum absolute atomic E-state index is 0.158. The fraction of sp³-hybridized carbons (Fsp3) is 0.582. The van der Waals surface area contributed by atoms with E-state index in [2.05, 4.69) is 16.0 Å². The van der Waals surface area contributed by atoms with Gasteiger partial charge < -0.3 is 77.5 Å². The molecule has 0 bridgehead atoms. The lowest BCUT2D eigenvalue weighted by Gasteiger charge is -2.49. The molecule has 3 aliphatic rings. The molecule has 27 nitrogen and oxygen atoms in total. The molecule has 3 N–H and O–H groups in total. The molecule has 2 aromatic rings. The Labute approximate surface area is 472 Å². The lowest BCUT2D eigenvalue weighted by atomic mass is 9.87. The molecule has 5 rings (SSSR count). The van der Waals surface area contributed by atoms with Crippen LogP contribution in [0.15, 0.2) is 48.5 Å². The lowest BCUT2D eigenvalue weighted by Crippen LogP contribution is -2.70. The van der Waals surface area contributed by atoms with Crippen LogP contribution in [-0.4, -0.2) is 177 Å². The Balaban J connectivity index is 1.58. The maximum absolute atomic E-state index is 14.4. The number of esters is 8. The highest BCUT2D eigenvalue weighted by Crippen LogP contribution is 2.45. The molecule has 0 aromatic heterocycles. The number of amides is 3. The molecule has 13 atom stereocenters. The van der Waals surface area contributed by atoms with Crippen molar-refractivity contribution in [2.45, 2.75) is 180 Å². The fourth-order valence-corrected chi connectivity index (χ4v) is 9.76. The molecular weight excluding hydrogens is 1090 g/mol. The van der Waals surface area contributed by atoms with Crippen LogP contribution in [0.25, 0.3) is 11.1 Å². The van der Waals surface area contributed by atoms with Crippen LogP contribution < -0.4 is 16.0 Å². The second kappa shape index (κ2) is 28.3. The fourth-order valence-electron chi connectivity index (χ4n) is 9.76. The Morgan fingerprint density at radius 3 is 1.73 bits per heavy atom. The first-order chi connectivity index (χ1) is 38.4. The van der Waals surface area contributed by atoms with E-state index < -0.39 is 170 Å². The average molecular weight is 1160 g/mol. The van der Waals surface area contributed by atoms with Crippen molar-refractivity contribution in [3.63, 3.8) is 0 Å². The Morgan fingerprint density at radius 1 is 0.671 bits per heavy atom. The van der Waals surface area contributed by atoms with Crippen LogP contribution in [0.1, 0.15) is 107 Å². The first kappa shape index (κ1) is 65.1. The van der Waals surface area contributed by atoms with Gasteiger partial charge >= 0.3 is 53.8 Å². The number of carbonyl (C=O) groups excluding carboxylic acids is 11. The summed E-state index contributed by atoms with van der Waals surface area (Å²) in [5, 5.41) is 7.65. The van der Waals surface area contributed by atoms with E-state index in [-0.39, 0.29) is 12.5 Å². The van der Waals surface area contributed by atoms with E-state index in [1.807, 2.05) is 48.5 Å². The summed E-state index contributed by atoms with van der Waals surface area (Å²) in [5.74, 6) is -13.1. The maximum Gasteiger partial charge on any atom is 0.407 e. The number of fused-ring (bicyclic) bond motifs is 3. The molecule has 2 fully saturated rings. The van der Waals surface area contributed by atoms with Gasteiger partial charge in [0.05, 0.1) is 32.3 Å². The lowest BCUT2D eigenvalue weighted by molar-refractivity contribution is -0.335. The zero-order chi connectivity index (χ0) is 61.0. The third-order valence-electron chi connectivity index (χ3n) is 12.7. The molecule has 2 aromatic carbocycles. The van der Waals surface area contributed by atoms with E-state index in [1.54, 1.807) is 20.8 Å². The van der Waals surface area contributed by atoms with Gasteiger partial charge in [-0.1, -0.05) is 48.5 Å².